The average Bonchev–Trinajstić information content (AvgIpc) is 3.66. The van der Waals surface area contributed by atoms with Gasteiger partial charge in [0.05, 0.1) is 35.9 Å². The third-order valence-electron chi connectivity index (χ3n) is 7.00. The zero-order chi connectivity index (χ0) is 23.1. The quantitative estimate of drug-likeness (QED) is 0.334. The van der Waals surface area contributed by atoms with E-state index in [4.69, 9.17) is 0 Å². The normalized spacial score (nSPS) is 24.6. The number of benzene rings is 2. The van der Waals surface area contributed by atoms with Crippen molar-refractivity contribution in [1.82, 2.24) is 30.6 Å². The van der Waals surface area contributed by atoms with Crippen molar-refractivity contribution in [1.29, 1.82) is 0 Å². The second-order valence-electron chi connectivity index (χ2n) is 9.61. The lowest BCUT2D eigenvalue weighted by Gasteiger charge is -2.07. The molecule has 2 aromatic heterocycles. The maximum absolute atomic E-state index is 13.5. The van der Waals surface area contributed by atoms with Crippen LogP contribution in [-0.2, 0) is 0 Å². The van der Waals surface area contributed by atoms with Crippen LogP contribution < -0.4 is 10.6 Å². The number of hydrogen-bond acceptors (Lipinski definition) is 4. The summed E-state index contributed by atoms with van der Waals surface area (Å²) in [6, 6.07) is 17.3. The molecule has 2 aliphatic heterocycles. The van der Waals surface area contributed by atoms with Crippen LogP contribution in [0.5, 0.6) is 0 Å². The molecule has 0 unspecified atom stereocenters. The summed E-state index contributed by atoms with van der Waals surface area (Å²) in [5, 5.41) is 6.71. The Morgan fingerprint density at radius 3 is 1.59 bits per heavy atom. The van der Waals surface area contributed by atoms with Crippen molar-refractivity contribution >= 4 is 0 Å². The molecule has 0 bridgehead atoms. The number of nitrogens with one attached hydrogen (secondary N) is 4. The molecule has 0 spiro atoms. The fourth-order valence-corrected chi connectivity index (χ4v) is 5.03. The van der Waals surface area contributed by atoms with Gasteiger partial charge in [-0.25, -0.2) is 14.4 Å². The van der Waals surface area contributed by atoms with Gasteiger partial charge in [-0.15, -0.1) is 0 Å². The number of imidazole rings is 2. The first-order valence-electron chi connectivity index (χ1n) is 12.0. The summed E-state index contributed by atoms with van der Waals surface area (Å²) in [5.74, 6) is 2.51. The lowest BCUT2D eigenvalue weighted by atomic mass is 10.0. The van der Waals surface area contributed by atoms with Gasteiger partial charge in [0.25, 0.3) is 0 Å². The summed E-state index contributed by atoms with van der Waals surface area (Å²) in [4.78, 5) is 15.9. The molecule has 2 saturated heterocycles. The minimum atomic E-state index is -0.798. The van der Waals surface area contributed by atoms with E-state index in [1.807, 2.05) is 12.4 Å². The third-order valence-corrected chi connectivity index (χ3v) is 7.00. The van der Waals surface area contributed by atoms with Crippen LogP contribution in [0.4, 0.5) is 4.39 Å². The molecule has 2 aromatic carbocycles. The molecule has 0 saturated carbocycles. The van der Waals surface area contributed by atoms with Crippen LogP contribution in [0, 0.1) is 5.92 Å². The zero-order valence-corrected chi connectivity index (χ0v) is 19.2. The molecule has 7 heteroatoms. The van der Waals surface area contributed by atoms with E-state index in [2.05, 4.69) is 86.0 Å². The van der Waals surface area contributed by atoms with Crippen molar-refractivity contribution in [2.45, 2.75) is 38.0 Å². The van der Waals surface area contributed by atoms with E-state index in [1.165, 1.54) is 0 Å². The molecule has 6 nitrogen and oxygen atoms in total. The fourth-order valence-electron chi connectivity index (χ4n) is 5.03. The van der Waals surface area contributed by atoms with Crippen LogP contribution in [0.15, 0.2) is 60.9 Å². The first kappa shape index (κ1) is 21.3. The van der Waals surface area contributed by atoms with Crippen LogP contribution in [0.1, 0.15) is 43.5 Å². The SMILES string of the molecule is C[C@H]1CN[C@H](c2ncc(-c3ccc(-c4ccc(-c5cnc([C@@H]6C[C@@H](F)CN6)[nH]5)cc4)cc3)[nH]2)C1. The van der Waals surface area contributed by atoms with Crippen LogP contribution in [0.2, 0.25) is 0 Å². The van der Waals surface area contributed by atoms with E-state index in [0.717, 1.165) is 58.3 Å². The summed E-state index contributed by atoms with van der Waals surface area (Å²) in [6.07, 6.45) is 4.55. The minimum absolute atomic E-state index is 0.0366. The summed E-state index contributed by atoms with van der Waals surface area (Å²) in [7, 11) is 0. The van der Waals surface area contributed by atoms with Crippen LogP contribution in [-0.4, -0.2) is 39.2 Å². The number of rotatable bonds is 5. The topological polar surface area (TPSA) is 81.4 Å². The maximum Gasteiger partial charge on any atom is 0.123 e. The second-order valence-corrected chi connectivity index (χ2v) is 9.61. The van der Waals surface area contributed by atoms with Gasteiger partial charge >= 0.3 is 0 Å². The number of aromatic amines is 2. The number of H-pyrrole nitrogens is 2. The first-order chi connectivity index (χ1) is 16.6. The second kappa shape index (κ2) is 8.81. The molecular formula is C27H29FN6. The van der Waals surface area contributed by atoms with Crippen LogP contribution in [0.3, 0.4) is 0 Å². The lowest BCUT2D eigenvalue weighted by Crippen LogP contribution is -2.14. The molecule has 4 heterocycles. The van der Waals surface area contributed by atoms with Gasteiger partial charge in [-0.2, -0.15) is 0 Å². The average molecular weight is 457 g/mol. The molecule has 2 aliphatic rings. The molecule has 0 radical (unpaired) electrons. The number of nitrogens with zero attached hydrogens (tertiary/aromatic N) is 2. The first-order valence-corrected chi connectivity index (χ1v) is 12.0. The summed E-state index contributed by atoms with van der Waals surface area (Å²) < 4.78 is 13.5. The van der Waals surface area contributed by atoms with Crippen molar-refractivity contribution in [2.75, 3.05) is 13.1 Å². The van der Waals surface area contributed by atoms with Gasteiger partial charge in [-0.1, -0.05) is 55.5 Å². The molecule has 4 atom stereocenters. The van der Waals surface area contributed by atoms with Crippen molar-refractivity contribution in [3.05, 3.63) is 72.6 Å². The Morgan fingerprint density at radius 2 is 1.15 bits per heavy atom. The van der Waals surface area contributed by atoms with Crippen molar-refractivity contribution in [2.24, 2.45) is 5.92 Å². The van der Waals surface area contributed by atoms with E-state index < -0.39 is 6.17 Å². The van der Waals surface area contributed by atoms with E-state index in [-0.39, 0.29) is 6.04 Å². The monoisotopic (exact) mass is 456 g/mol. The Morgan fingerprint density at radius 1 is 0.676 bits per heavy atom. The van der Waals surface area contributed by atoms with Gasteiger partial charge in [-0.05, 0) is 41.1 Å². The summed E-state index contributed by atoms with van der Waals surface area (Å²) >= 11 is 0. The molecule has 6 rings (SSSR count). The largest absolute Gasteiger partial charge is 0.341 e. The zero-order valence-electron chi connectivity index (χ0n) is 19.2. The van der Waals surface area contributed by atoms with Gasteiger partial charge in [0.1, 0.15) is 17.8 Å². The minimum Gasteiger partial charge on any atom is -0.341 e. The molecule has 4 aromatic rings. The summed E-state index contributed by atoms with van der Waals surface area (Å²) in [5.41, 5.74) is 6.50. The van der Waals surface area contributed by atoms with Gasteiger partial charge in [0, 0.05) is 13.0 Å². The third kappa shape index (κ3) is 4.17. The van der Waals surface area contributed by atoms with Crippen molar-refractivity contribution in [3.63, 3.8) is 0 Å². The predicted octanol–water partition coefficient (Wildman–Crippen LogP) is 5.18. The highest BCUT2D eigenvalue weighted by Crippen LogP contribution is 2.30. The predicted molar refractivity (Wildman–Crippen MR) is 132 cm³/mol. The highest BCUT2D eigenvalue weighted by molar-refractivity contribution is 5.71. The molecule has 34 heavy (non-hydrogen) atoms. The molecule has 174 valence electrons. The number of alkyl halides is 1. The van der Waals surface area contributed by atoms with Crippen molar-refractivity contribution in [3.8, 4) is 33.6 Å². The summed E-state index contributed by atoms with van der Waals surface area (Å²) in [6.45, 7) is 3.71. The molecular weight excluding hydrogens is 427 g/mol. The van der Waals surface area contributed by atoms with E-state index >= 15 is 0 Å². The van der Waals surface area contributed by atoms with E-state index in [1.54, 1.807) is 0 Å². The smallest absolute Gasteiger partial charge is 0.123 e. The van der Waals surface area contributed by atoms with E-state index in [9.17, 15) is 4.39 Å². The number of aromatic nitrogens is 4. The highest BCUT2D eigenvalue weighted by atomic mass is 19.1. The number of hydrogen-bond donors (Lipinski definition) is 4. The highest BCUT2D eigenvalue weighted by Gasteiger charge is 2.27. The Bertz CT molecular complexity index is 1160. The Labute approximate surface area is 198 Å². The fraction of sp³-hybridized carbons (Fsp3) is 0.333. The van der Waals surface area contributed by atoms with E-state index in [0.29, 0.717) is 24.9 Å². The van der Waals surface area contributed by atoms with Crippen LogP contribution >= 0.6 is 0 Å². The molecule has 2 fully saturated rings. The van der Waals surface area contributed by atoms with Gasteiger partial charge in [0.15, 0.2) is 0 Å². The Balaban J connectivity index is 1.15. The molecule has 4 N–H and O–H groups in total. The molecule has 0 amide bonds. The van der Waals surface area contributed by atoms with Gasteiger partial charge in [-0.3, -0.25) is 0 Å². The van der Waals surface area contributed by atoms with Crippen molar-refractivity contribution < 1.29 is 4.39 Å². The molecule has 0 aliphatic carbocycles. The standard InChI is InChI=1S/C27H29FN6/c1-16-10-22(29-12-16)26-31-14-24(33-26)19-6-2-17(3-7-19)18-4-8-20(9-5-18)25-15-32-27(34-25)23-11-21(28)13-30-23/h2-9,14-16,21-23,29-30H,10-13H2,1H3,(H,31,33)(H,32,34)/t16-,21-,22+,23+/m1/s1. The Hall–Kier alpha value is -3.29. The Kier molecular flexibility index (Phi) is 5.51. The maximum atomic E-state index is 13.5. The van der Waals surface area contributed by atoms with Gasteiger partial charge in [0.2, 0.25) is 0 Å². The van der Waals surface area contributed by atoms with Gasteiger partial charge < -0.3 is 20.6 Å². The lowest BCUT2D eigenvalue weighted by molar-refractivity contribution is 0.355. The van der Waals surface area contributed by atoms with Crippen LogP contribution in [0.25, 0.3) is 33.6 Å². The number of halogens is 1.